The zero-order chi connectivity index (χ0) is 12.6. The normalized spacial score (nSPS) is 24.8. The van der Waals surface area contributed by atoms with E-state index >= 15 is 0 Å². The van der Waals surface area contributed by atoms with Gasteiger partial charge in [-0.15, -0.1) is 0 Å². The van der Waals surface area contributed by atoms with Crippen molar-refractivity contribution in [1.82, 2.24) is 0 Å². The first kappa shape index (κ1) is 13.7. The molecule has 1 aromatic carbocycles. The van der Waals surface area contributed by atoms with Crippen LogP contribution in [-0.2, 0) is 9.84 Å². The van der Waals surface area contributed by atoms with Crippen molar-refractivity contribution in [3.05, 3.63) is 33.8 Å². The Morgan fingerprint density at radius 1 is 1.29 bits per heavy atom. The van der Waals surface area contributed by atoms with E-state index in [4.69, 9.17) is 23.2 Å². The van der Waals surface area contributed by atoms with Gasteiger partial charge < -0.3 is 0 Å². The molecule has 0 spiro atoms. The van der Waals surface area contributed by atoms with Crippen molar-refractivity contribution in [3.8, 4) is 0 Å². The van der Waals surface area contributed by atoms with Crippen molar-refractivity contribution in [1.29, 1.82) is 0 Å². The van der Waals surface area contributed by atoms with Gasteiger partial charge in [-0.1, -0.05) is 45.2 Å². The highest BCUT2D eigenvalue weighted by atomic mass is 79.9. The van der Waals surface area contributed by atoms with Crippen LogP contribution in [-0.4, -0.2) is 19.9 Å². The van der Waals surface area contributed by atoms with E-state index in [1.54, 1.807) is 18.2 Å². The van der Waals surface area contributed by atoms with Crippen molar-refractivity contribution in [3.63, 3.8) is 0 Å². The fraction of sp³-hybridized carbons (Fsp3) is 0.455. The van der Waals surface area contributed by atoms with Crippen LogP contribution in [0, 0.1) is 5.92 Å². The highest BCUT2D eigenvalue weighted by molar-refractivity contribution is 9.09. The lowest BCUT2D eigenvalue weighted by Gasteiger charge is -2.18. The molecule has 1 saturated heterocycles. The van der Waals surface area contributed by atoms with E-state index in [0.717, 1.165) is 5.56 Å². The number of alkyl halides is 1. The summed E-state index contributed by atoms with van der Waals surface area (Å²) < 4.78 is 22.9. The van der Waals surface area contributed by atoms with Crippen LogP contribution in [0.15, 0.2) is 18.2 Å². The maximum atomic E-state index is 11.5. The third-order valence-electron chi connectivity index (χ3n) is 2.96. The van der Waals surface area contributed by atoms with Crippen molar-refractivity contribution in [2.45, 2.75) is 11.2 Å². The SMILES string of the molecule is O=S1(=O)CCC(C(Br)c2c(Cl)cccc2Cl)C1. The number of hydrogen-bond donors (Lipinski definition) is 0. The number of hydrogen-bond acceptors (Lipinski definition) is 2. The largest absolute Gasteiger partial charge is 0.229 e. The van der Waals surface area contributed by atoms with Crippen molar-refractivity contribution < 1.29 is 8.42 Å². The third-order valence-corrected chi connectivity index (χ3v) is 6.62. The molecule has 0 saturated carbocycles. The minimum Gasteiger partial charge on any atom is -0.229 e. The van der Waals surface area contributed by atoms with Gasteiger partial charge in [0, 0.05) is 20.4 Å². The minimum absolute atomic E-state index is 0.0393. The Kier molecular flexibility index (Phi) is 4.08. The Bertz CT molecular complexity index is 510. The average Bonchev–Trinajstić information content (AvgIpc) is 2.58. The van der Waals surface area contributed by atoms with Gasteiger partial charge >= 0.3 is 0 Å². The van der Waals surface area contributed by atoms with Gasteiger partial charge in [-0.05, 0) is 24.5 Å². The number of halogens is 3. The molecule has 1 aliphatic rings. The van der Waals surface area contributed by atoms with Gasteiger partial charge in [-0.25, -0.2) is 8.42 Å². The molecule has 6 heteroatoms. The van der Waals surface area contributed by atoms with Gasteiger partial charge in [0.05, 0.1) is 11.5 Å². The topological polar surface area (TPSA) is 34.1 Å². The van der Waals surface area contributed by atoms with Crippen molar-refractivity contribution >= 4 is 49.0 Å². The summed E-state index contributed by atoms with van der Waals surface area (Å²) in [6.07, 6.45) is 0.653. The van der Waals surface area contributed by atoms with Crippen LogP contribution in [0.5, 0.6) is 0 Å². The average molecular weight is 358 g/mol. The number of rotatable bonds is 2. The Hall–Kier alpha value is 0.230. The van der Waals surface area contributed by atoms with E-state index in [0.29, 0.717) is 16.5 Å². The second-order valence-electron chi connectivity index (χ2n) is 4.20. The van der Waals surface area contributed by atoms with E-state index in [2.05, 4.69) is 15.9 Å². The fourth-order valence-corrected chi connectivity index (χ4v) is 5.99. The van der Waals surface area contributed by atoms with Crippen molar-refractivity contribution in [2.75, 3.05) is 11.5 Å². The molecule has 0 radical (unpaired) electrons. The van der Waals surface area contributed by atoms with Gasteiger partial charge in [-0.2, -0.15) is 0 Å². The molecule has 1 aliphatic heterocycles. The second-order valence-corrected chi connectivity index (χ2v) is 8.23. The molecular formula is C11H11BrCl2O2S. The molecule has 2 rings (SSSR count). The summed E-state index contributed by atoms with van der Waals surface area (Å²) in [7, 11) is -2.89. The summed E-state index contributed by atoms with van der Waals surface area (Å²) in [4.78, 5) is -0.110. The lowest BCUT2D eigenvalue weighted by Crippen LogP contribution is -2.10. The first-order valence-corrected chi connectivity index (χ1v) is 8.68. The van der Waals surface area contributed by atoms with Crippen LogP contribution in [0.4, 0.5) is 0 Å². The summed E-state index contributed by atoms with van der Waals surface area (Å²) in [6.45, 7) is 0. The molecule has 17 heavy (non-hydrogen) atoms. The van der Waals surface area contributed by atoms with Crippen LogP contribution in [0.25, 0.3) is 0 Å². The fourth-order valence-electron chi connectivity index (χ4n) is 2.06. The molecule has 2 atom stereocenters. The van der Waals surface area contributed by atoms with Gasteiger partial charge in [0.1, 0.15) is 0 Å². The summed E-state index contributed by atoms with van der Waals surface area (Å²) in [5.41, 5.74) is 0.790. The summed E-state index contributed by atoms with van der Waals surface area (Å²) in [6, 6.07) is 5.31. The van der Waals surface area contributed by atoms with E-state index in [-0.39, 0.29) is 22.3 Å². The second kappa shape index (κ2) is 5.08. The van der Waals surface area contributed by atoms with Gasteiger partial charge in [0.15, 0.2) is 9.84 Å². The quantitative estimate of drug-likeness (QED) is 0.753. The van der Waals surface area contributed by atoms with Crippen LogP contribution in [0.3, 0.4) is 0 Å². The van der Waals surface area contributed by atoms with Crippen LogP contribution < -0.4 is 0 Å². The predicted octanol–water partition coefficient (Wildman–Crippen LogP) is 3.86. The molecule has 94 valence electrons. The van der Waals surface area contributed by atoms with Gasteiger partial charge in [0.25, 0.3) is 0 Å². The zero-order valence-electron chi connectivity index (χ0n) is 8.87. The smallest absolute Gasteiger partial charge is 0.150 e. The Morgan fingerprint density at radius 2 is 1.88 bits per heavy atom. The van der Waals surface area contributed by atoms with Gasteiger partial charge in [-0.3, -0.25) is 0 Å². The molecule has 2 nitrogen and oxygen atoms in total. The Balaban J connectivity index is 2.29. The summed E-state index contributed by atoms with van der Waals surface area (Å²) in [5.74, 6) is 0.490. The summed E-state index contributed by atoms with van der Waals surface area (Å²) >= 11 is 15.8. The third kappa shape index (κ3) is 2.98. The van der Waals surface area contributed by atoms with Crippen LogP contribution >= 0.6 is 39.1 Å². The molecule has 1 fully saturated rings. The van der Waals surface area contributed by atoms with Crippen LogP contribution in [0.2, 0.25) is 10.0 Å². The lowest BCUT2D eigenvalue weighted by molar-refractivity contribution is 0.580. The zero-order valence-corrected chi connectivity index (χ0v) is 12.8. The standard InChI is InChI=1S/C11H11BrCl2O2S/c12-11(7-4-5-17(15,16)6-7)10-8(13)2-1-3-9(10)14/h1-3,7,11H,4-6H2. The molecule has 0 aliphatic carbocycles. The molecule has 0 N–H and O–H groups in total. The molecule has 2 unspecified atom stereocenters. The van der Waals surface area contributed by atoms with Gasteiger partial charge in [0.2, 0.25) is 0 Å². The van der Waals surface area contributed by atoms with Crippen molar-refractivity contribution in [2.24, 2.45) is 5.92 Å². The highest BCUT2D eigenvalue weighted by Crippen LogP contribution is 2.43. The lowest BCUT2D eigenvalue weighted by atomic mass is 9.98. The highest BCUT2D eigenvalue weighted by Gasteiger charge is 2.34. The van der Waals surface area contributed by atoms with E-state index in [9.17, 15) is 8.42 Å². The monoisotopic (exact) mass is 356 g/mol. The molecule has 0 aromatic heterocycles. The molecule has 0 bridgehead atoms. The molecule has 1 heterocycles. The maximum absolute atomic E-state index is 11.5. The first-order valence-electron chi connectivity index (χ1n) is 5.19. The summed E-state index contributed by atoms with van der Waals surface area (Å²) in [5, 5.41) is 1.15. The maximum Gasteiger partial charge on any atom is 0.150 e. The van der Waals surface area contributed by atoms with Crippen LogP contribution in [0.1, 0.15) is 16.8 Å². The molecule has 1 aromatic rings. The van der Waals surface area contributed by atoms with E-state index in [1.807, 2.05) is 0 Å². The molecular weight excluding hydrogens is 347 g/mol. The molecule has 0 amide bonds. The number of sulfone groups is 1. The number of benzene rings is 1. The Labute approximate surface area is 119 Å². The predicted molar refractivity (Wildman–Crippen MR) is 74.9 cm³/mol. The minimum atomic E-state index is -2.89. The van der Waals surface area contributed by atoms with E-state index < -0.39 is 9.84 Å². The Morgan fingerprint density at radius 3 is 2.35 bits per heavy atom. The van der Waals surface area contributed by atoms with E-state index in [1.165, 1.54) is 0 Å². The first-order chi connectivity index (χ1) is 7.91.